The zero-order valence-electron chi connectivity index (χ0n) is 18.0. The first-order chi connectivity index (χ1) is 14.4. The summed E-state index contributed by atoms with van der Waals surface area (Å²) in [7, 11) is 1.54. The highest BCUT2D eigenvalue weighted by Gasteiger charge is 2.29. The molecular formula is C22H29N3O5. The number of nitrogens with one attached hydrogen (secondary N) is 1. The number of aromatic nitrogens is 1. The van der Waals surface area contributed by atoms with Gasteiger partial charge in [0.05, 0.1) is 24.3 Å². The van der Waals surface area contributed by atoms with Crippen molar-refractivity contribution in [3.05, 3.63) is 40.8 Å². The molecule has 0 bridgehead atoms. The summed E-state index contributed by atoms with van der Waals surface area (Å²) < 4.78 is 16.5. The summed E-state index contributed by atoms with van der Waals surface area (Å²) in [5, 5.41) is 6.77. The van der Waals surface area contributed by atoms with E-state index in [1.54, 1.807) is 30.2 Å². The van der Waals surface area contributed by atoms with Crippen molar-refractivity contribution < 1.29 is 23.6 Å². The highest BCUT2D eigenvalue weighted by Crippen LogP contribution is 2.30. The Bertz CT molecular complexity index is 889. The van der Waals surface area contributed by atoms with Gasteiger partial charge in [0.1, 0.15) is 12.4 Å². The summed E-state index contributed by atoms with van der Waals surface area (Å²) in [6, 6.07) is 5.14. The first-order valence-electron chi connectivity index (χ1n) is 10.2. The van der Waals surface area contributed by atoms with E-state index < -0.39 is 0 Å². The minimum Gasteiger partial charge on any atom is -0.493 e. The lowest BCUT2D eigenvalue weighted by atomic mass is 9.96. The molecule has 3 rings (SSSR count). The molecule has 0 saturated carbocycles. The lowest BCUT2D eigenvalue weighted by molar-refractivity contribution is -0.126. The molecule has 1 unspecified atom stereocenters. The van der Waals surface area contributed by atoms with Crippen LogP contribution in [0.2, 0.25) is 0 Å². The molecule has 1 saturated heterocycles. The number of hydrogen-bond acceptors (Lipinski definition) is 6. The van der Waals surface area contributed by atoms with Gasteiger partial charge in [0, 0.05) is 25.2 Å². The van der Waals surface area contributed by atoms with E-state index in [1.165, 1.54) is 0 Å². The molecule has 1 aliphatic heterocycles. The highest BCUT2D eigenvalue weighted by atomic mass is 16.5. The van der Waals surface area contributed by atoms with Gasteiger partial charge in [-0.15, -0.1) is 0 Å². The van der Waals surface area contributed by atoms with Crippen molar-refractivity contribution in [3.63, 3.8) is 0 Å². The van der Waals surface area contributed by atoms with Crippen LogP contribution in [0.15, 0.2) is 22.7 Å². The molecule has 2 aromatic rings. The first-order valence-corrected chi connectivity index (χ1v) is 10.2. The van der Waals surface area contributed by atoms with Crippen molar-refractivity contribution in [3.8, 4) is 11.5 Å². The predicted molar refractivity (Wildman–Crippen MR) is 111 cm³/mol. The summed E-state index contributed by atoms with van der Waals surface area (Å²) in [5.41, 5.74) is 2.18. The van der Waals surface area contributed by atoms with E-state index in [0.29, 0.717) is 49.1 Å². The summed E-state index contributed by atoms with van der Waals surface area (Å²) in [6.45, 7) is 7.55. The van der Waals surface area contributed by atoms with Crippen LogP contribution in [0.1, 0.15) is 47.1 Å². The van der Waals surface area contributed by atoms with Crippen LogP contribution in [0.5, 0.6) is 11.5 Å². The van der Waals surface area contributed by atoms with Gasteiger partial charge in [0.2, 0.25) is 5.91 Å². The number of methoxy groups -OCH3 is 1. The third-order valence-electron chi connectivity index (χ3n) is 5.39. The molecule has 1 fully saturated rings. The zero-order chi connectivity index (χ0) is 21.7. The molecule has 162 valence electrons. The Morgan fingerprint density at radius 1 is 1.30 bits per heavy atom. The second kappa shape index (κ2) is 9.65. The maximum Gasteiger partial charge on any atom is 0.254 e. The van der Waals surface area contributed by atoms with E-state index in [1.807, 2.05) is 20.8 Å². The summed E-state index contributed by atoms with van der Waals surface area (Å²) in [5.74, 6) is 1.46. The third kappa shape index (κ3) is 4.75. The SMILES string of the molecule is CCNC(=O)C1CCCN(C(=O)c2ccc(OCc3c(C)noc3C)c(OC)c2)C1. The molecule has 1 aromatic heterocycles. The average molecular weight is 415 g/mol. The number of aryl methyl sites for hydroxylation is 2. The number of carbonyl (C=O) groups is 2. The molecule has 30 heavy (non-hydrogen) atoms. The number of carbonyl (C=O) groups excluding carboxylic acids is 2. The number of nitrogens with zero attached hydrogens (tertiary/aromatic N) is 2. The topological polar surface area (TPSA) is 93.9 Å². The number of ether oxygens (including phenoxy) is 2. The minimum atomic E-state index is -0.165. The molecule has 0 spiro atoms. The maximum absolute atomic E-state index is 13.0. The number of piperidine rings is 1. The Kier molecular flexibility index (Phi) is 6.97. The smallest absolute Gasteiger partial charge is 0.254 e. The first kappa shape index (κ1) is 21.7. The molecule has 8 nitrogen and oxygen atoms in total. The molecule has 2 amide bonds. The molecule has 1 aromatic carbocycles. The summed E-state index contributed by atoms with van der Waals surface area (Å²) in [4.78, 5) is 26.9. The second-order valence-electron chi connectivity index (χ2n) is 7.44. The fourth-order valence-corrected chi connectivity index (χ4v) is 3.65. The van der Waals surface area contributed by atoms with Crippen molar-refractivity contribution in [2.24, 2.45) is 5.92 Å². The monoisotopic (exact) mass is 415 g/mol. The van der Waals surface area contributed by atoms with Crippen molar-refractivity contribution in [2.45, 2.75) is 40.2 Å². The lowest BCUT2D eigenvalue weighted by Crippen LogP contribution is -2.45. The number of hydrogen-bond donors (Lipinski definition) is 1. The predicted octanol–water partition coefficient (Wildman–Crippen LogP) is 2.87. The summed E-state index contributed by atoms with van der Waals surface area (Å²) >= 11 is 0. The van der Waals surface area contributed by atoms with E-state index in [0.717, 1.165) is 24.1 Å². The normalized spacial score (nSPS) is 16.3. The Hall–Kier alpha value is -3.03. The van der Waals surface area contributed by atoms with E-state index in [4.69, 9.17) is 14.0 Å². The molecular weight excluding hydrogens is 386 g/mol. The molecule has 8 heteroatoms. The van der Waals surface area contributed by atoms with Crippen LogP contribution in [0.25, 0.3) is 0 Å². The van der Waals surface area contributed by atoms with Gasteiger partial charge >= 0.3 is 0 Å². The largest absolute Gasteiger partial charge is 0.493 e. The van der Waals surface area contributed by atoms with Crippen molar-refractivity contribution in [1.29, 1.82) is 0 Å². The molecule has 1 atom stereocenters. The van der Waals surface area contributed by atoms with E-state index in [9.17, 15) is 9.59 Å². The van der Waals surface area contributed by atoms with Crippen LogP contribution in [-0.2, 0) is 11.4 Å². The zero-order valence-corrected chi connectivity index (χ0v) is 18.0. The Balaban J connectivity index is 1.70. The maximum atomic E-state index is 13.0. The second-order valence-corrected chi connectivity index (χ2v) is 7.44. The van der Waals surface area contributed by atoms with Crippen LogP contribution in [-0.4, -0.2) is 48.6 Å². The number of likely N-dealkylation sites (tertiary alicyclic amines) is 1. The fraction of sp³-hybridized carbons (Fsp3) is 0.500. The molecule has 0 aliphatic carbocycles. The van der Waals surface area contributed by atoms with E-state index in [2.05, 4.69) is 10.5 Å². The van der Waals surface area contributed by atoms with Crippen molar-refractivity contribution in [1.82, 2.24) is 15.4 Å². The van der Waals surface area contributed by atoms with Gasteiger partial charge in [-0.25, -0.2) is 0 Å². The number of amides is 2. The van der Waals surface area contributed by atoms with Gasteiger partial charge in [-0.05, 0) is 51.8 Å². The van der Waals surface area contributed by atoms with Gasteiger partial charge in [-0.2, -0.15) is 0 Å². The number of rotatable bonds is 7. The lowest BCUT2D eigenvalue weighted by Gasteiger charge is -2.32. The minimum absolute atomic E-state index is 0.00986. The quantitative estimate of drug-likeness (QED) is 0.747. The summed E-state index contributed by atoms with van der Waals surface area (Å²) in [6.07, 6.45) is 1.61. The molecule has 1 N–H and O–H groups in total. The van der Waals surface area contributed by atoms with Gasteiger partial charge in [0.25, 0.3) is 5.91 Å². The third-order valence-corrected chi connectivity index (χ3v) is 5.39. The van der Waals surface area contributed by atoms with Crippen molar-refractivity contribution in [2.75, 3.05) is 26.7 Å². The number of benzene rings is 1. The van der Waals surface area contributed by atoms with E-state index in [-0.39, 0.29) is 17.7 Å². The average Bonchev–Trinajstić information content (AvgIpc) is 3.09. The van der Waals surface area contributed by atoms with Gasteiger partial charge in [-0.3, -0.25) is 9.59 Å². The van der Waals surface area contributed by atoms with E-state index >= 15 is 0 Å². The standard InChI is InChI=1S/C22H29N3O5/c1-5-23-21(26)17-7-6-10-25(12-17)22(27)16-8-9-19(20(11-16)28-4)29-13-18-14(2)24-30-15(18)3/h8-9,11,17H,5-7,10,12-13H2,1-4H3,(H,23,26). The Labute approximate surface area is 176 Å². The molecule has 0 radical (unpaired) electrons. The molecule has 2 heterocycles. The van der Waals surface area contributed by atoms with Crippen LogP contribution in [0.4, 0.5) is 0 Å². The van der Waals surface area contributed by atoms with Gasteiger partial charge in [-0.1, -0.05) is 5.16 Å². The Morgan fingerprint density at radius 2 is 2.10 bits per heavy atom. The van der Waals surface area contributed by atoms with Crippen molar-refractivity contribution >= 4 is 11.8 Å². The fourth-order valence-electron chi connectivity index (χ4n) is 3.65. The van der Waals surface area contributed by atoms with Crippen LogP contribution >= 0.6 is 0 Å². The highest BCUT2D eigenvalue weighted by molar-refractivity contribution is 5.95. The van der Waals surface area contributed by atoms with Crippen LogP contribution < -0.4 is 14.8 Å². The Morgan fingerprint density at radius 3 is 2.77 bits per heavy atom. The van der Waals surface area contributed by atoms with Crippen LogP contribution in [0.3, 0.4) is 0 Å². The van der Waals surface area contributed by atoms with Crippen LogP contribution in [0, 0.1) is 19.8 Å². The van der Waals surface area contributed by atoms with Gasteiger partial charge in [0.15, 0.2) is 11.5 Å². The molecule has 1 aliphatic rings. The van der Waals surface area contributed by atoms with Gasteiger partial charge < -0.3 is 24.2 Å².